The van der Waals surface area contributed by atoms with Crippen molar-refractivity contribution in [2.24, 2.45) is 0 Å². The van der Waals surface area contributed by atoms with Gasteiger partial charge in [-0.15, -0.1) is 5.10 Å². The van der Waals surface area contributed by atoms with E-state index in [-0.39, 0.29) is 6.10 Å². The summed E-state index contributed by atoms with van der Waals surface area (Å²) in [5.41, 5.74) is 2.22. The molecule has 0 fully saturated rings. The normalized spacial score (nSPS) is 18.6. The first-order valence-electron chi connectivity index (χ1n) is 6.00. The Kier molecular flexibility index (Phi) is 3.29. The lowest BCUT2D eigenvalue weighted by Crippen LogP contribution is -2.36. The molecule has 6 nitrogen and oxygen atoms in total. The molecule has 0 aliphatic carbocycles. The van der Waals surface area contributed by atoms with Crippen LogP contribution in [-0.4, -0.2) is 32.6 Å². The van der Waals surface area contributed by atoms with Crippen molar-refractivity contribution in [2.45, 2.75) is 25.8 Å². The van der Waals surface area contributed by atoms with Gasteiger partial charge in [0, 0.05) is 25.5 Å². The summed E-state index contributed by atoms with van der Waals surface area (Å²) in [5.74, 6) is 0. The van der Waals surface area contributed by atoms with Crippen LogP contribution in [0.15, 0.2) is 30.7 Å². The molecule has 0 aromatic carbocycles. The number of hydrogen-bond donors (Lipinski definition) is 1. The highest BCUT2D eigenvalue weighted by Crippen LogP contribution is 2.10. The summed E-state index contributed by atoms with van der Waals surface area (Å²) < 4.78 is 7.62. The summed E-state index contributed by atoms with van der Waals surface area (Å²) in [6.07, 6.45) is 5.54. The molecule has 1 aliphatic rings. The van der Waals surface area contributed by atoms with Gasteiger partial charge in [0.25, 0.3) is 0 Å². The van der Waals surface area contributed by atoms with Crippen LogP contribution in [0, 0.1) is 0 Å². The summed E-state index contributed by atoms with van der Waals surface area (Å²) in [4.78, 5) is 4.08. The average molecular weight is 245 g/mol. The zero-order chi connectivity index (χ0) is 12.2. The fourth-order valence-electron chi connectivity index (χ4n) is 2.00. The quantitative estimate of drug-likeness (QED) is 0.842. The van der Waals surface area contributed by atoms with Gasteiger partial charge in [-0.05, 0) is 11.6 Å². The van der Waals surface area contributed by atoms with Crippen molar-refractivity contribution in [2.75, 3.05) is 6.54 Å². The number of aromatic nitrogens is 4. The second-order valence-electron chi connectivity index (χ2n) is 4.33. The fourth-order valence-corrected chi connectivity index (χ4v) is 2.00. The molecule has 0 radical (unpaired) electrons. The first-order chi connectivity index (χ1) is 8.92. The van der Waals surface area contributed by atoms with E-state index < -0.39 is 0 Å². The Morgan fingerprint density at radius 1 is 1.44 bits per heavy atom. The van der Waals surface area contributed by atoms with Crippen LogP contribution >= 0.6 is 0 Å². The van der Waals surface area contributed by atoms with Crippen molar-refractivity contribution >= 4 is 0 Å². The van der Waals surface area contributed by atoms with Gasteiger partial charge in [0.05, 0.1) is 31.1 Å². The molecule has 0 saturated carbocycles. The maximum atomic E-state index is 5.72. The van der Waals surface area contributed by atoms with Crippen molar-refractivity contribution < 1.29 is 4.74 Å². The second kappa shape index (κ2) is 5.24. The van der Waals surface area contributed by atoms with Crippen LogP contribution in [-0.2, 0) is 24.4 Å². The number of pyridine rings is 1. The van der Waals surface area contributed by atoms with Crippen LogP contribution in [0.5, 0.6) is 0 Å². The minimum atomic E-state index is 0.149. The van der Waals surface area contributed by atoms with E-state index in [1.54, 1.807) is 12.4 Å². The lowest BCUT2D eigenvalue weighted by molar-refractivity contribution is 0.000977. The van der Waals surface area contributed by atoms with Crippen molar-refractivity contribution in [1.82, 2.24) is 25.3 Å². The summed E-state index contributed by atoms with van der Waals surface area (Å²) in [6, 6.07) is 3.99. The Labute approximate surface area is 105 Å². The van der Waals surface area contributed by atoms with Gasteiger partial charge in [0.2, 0.25) is 0 Å². The van der Waals surface area contributed by atoms with Crippen molar-refractivity contribution in [3.05, 3.63) is 42.0 Å². The largest absolute Gasteiger partial charge is 0.369 e. The predicted octanol–water partition coefficient (Wildman–Crippen LogP) is 0.362. The third kappa shape index (κ3) is 2.55. The molecule has 1 N–H and O–H groups in total. The SMILES string of the molecule is c1cncc(CNC[C@@H]2Cn3nncc3CO2)c1. The van der Waals surface area contributed by atoms with E-state index in [0.29, 0.717) is 6.61 Å². The summed E-state index contributed by atoms with van der Waals surface area (Å²) in [7, 11) is 0. The first-order valence-corrected chi connectivity index (χ1v) is 6.00. The fraction of sp³-hybridized carbons (Fsp3) is 0.417. The molecule has 2 aromatic rings. The van der Waals surface area contributed by atoms with Gasteiger partial charge < -0.3 is 10.1 Å². The number of ether oxygens (including phenoxy) is 1. The first kappa shape index (κ1) is 11.3. The molecule has 18 heavy (non-hydrogen) atoms. The van der Waals surface area contributed by atoms with E-state index in [4.69, 9.17) is 4.74 Å². The van der Waals surface area contributed by atoms with Crippen molar-refractivity contribution in [3.8, 4) is 0 Å². The molecular formula is C12H15N5O. The highest BCUT2D eigenvalue weighted by molar-refractivity contribution is 5.07. The Balaban J connectivity index is 1.48. The Morgan fingerprint density at radius 3 is 3.33 bits per heavy atom. The van der Waals surface area contributed by atoms with E-state index in [2.05, 4.69) is 26.7 Å². The zero-order valence-corrected chi connectivity index (χ0v) is 9.99. The van der Waals surface area contributed by atoms with Gasteiger partial charge in [0.15, 0.2) is 0 Å². The topological polar surface area (TPSA) is 64.9 Å². The van der Waals surface area contributed by atoms with Crippen LogP contribution < -0.4 is 5.32 Å². The molecule has 6 heteroatoms. The molecule has 2 aromatic heterocycles. The molecule has 0 unspecified atom stereocenters. The second-order valence-corrected chi connectivity index (χ2v) is 4.33. The molecule has 0 spiro atoms. The summed E-state index contributed by atoms with van der Waals surface area (Å²) in [6.45, 7) is 2.95. The molecule has 1 aliphatic heterocycles. The van der Waals surface area contributed by atoms with Gasteiger partial charge in [-0.3, -0.25) is 4.98 Å². The van der Waals surface area contributed by atoms with Crippen molar-refractivity contribution in [3.63, 3.8) is 0 Å². The molecule has 3 heterocycles. The minimum Gasteiger partial charge on any atom is -0.369 e. The van der Waals surface area contributed by atoms with Gasteiger partial charge in [-0.2, -0.15) is 0 Å². The van der Waals surface area contributed by atoms with Crippen LogP contribution in [0.1, 0.15) is 11.3 Å². The third-order valence-corrected chi connectivity index (χ3v) is 2.97. The van der Waals surface area contributed by atoms with E-state index in [1.165, 1.54) is 5.56 Å². The standard InChI is InChI=1S/C12H15N5O/c1-2-10(4-13-3-1)5-14-7-12-8-17-11(9-18-12)6-15-16-17/h1-4,6,12,14H,5,7-9H2/t12-/m1/s1. The number of nitrogens with zero attached hydrogens (tertiary/aromatic N) is 4. The Morgan fingerprint density at radius 2 is 2.44 bits per heavy atom. The van der Waals surface area contributed by atoms with Crippen LogP contribution in [0.4, 0.5) is 0 Å². The number of nitrogens with one attached hydrogen (secondary N) is 1. The summed E-state index contributed by atoms with van der Waals surface area (Å²) in [5, 5.41) is 11.3. The van der Waals surface area contributed by atoms with E-state index in [1.807, 2.05) is 16.9 Å². The van der Waals surface area contributed by atoms with Gasteiger partial charge in [0.1, 0.15) is 0 Å². The molecular weight excluding hydrogens is 230 g/mol. The molecule has 0 amide bonds. The zero-order valence-electron chi connectivity index (χ0n) is 9.99. The van der Waals surface area contributed by atoms with E-state index >= 15 is 0 Å². The number of rotatable bonds is 4. The van der Waals surface area contributed by atoms with E-state index in [0.717, 1.165) is 25.3 Å². The maximum absolute atomic E-state index is 5.72. The Bertz CT molecular complexity index is 498. The summed E-state index contributed by atoms with van der Waals surface area (Å²) >= 11 is 0. The molecule has 3 rings (SSSR count). The minimum absolute atomic E-state index is 0.149. The van der Waals surface area contributed by atoms with Gasteiger partial charge >= 0.3 is 0 Å². The molecule has 94 valence electrons. The van der Waals surface area contributed by atoms with E-state index in [9.17, 15) is 0 Å². The smallest absolute Gasteiger partial charge is 0.0906 e. The lowest BCUT2D eigenvalue weighted by Gasteiger charge is -2.23. The highest BCUT2D eigenvalue weighted by Gasteiger charge is 2.19. The van der Waals surface area contributed by atoms with Gasteiger partial charge in [-0.1, -0.05) is 11.3 Å². The van der Waals surface area contributed by atoms with Crippen LogP contribution in [0.3, 0.4) is 0 Å². The maximum Gasteiger partial charge on any atom is 0.0906 e. The average Bonchev–Trinajstić information content (AvgIpc) is 2.87. The molecule has 0 bridgehead atoms. The predicted molar refractivity (Wildman–Crippen MR) is 64.5 cm³/mol. The number of fused-ring (bicyclic) bond motifs is 1. The van der Waals surface area contributed by atoms with Crippen LogP contribution in [0.25, 0.3) is 0 Å². The third-order valence-electron chi connectivity index (χ3n) is 2.97. The molecule has 0 saturated heterocycles. The lowest BCUT2D eigenvalue weighted by atomic mass is 10.2. The molecule has 1 atom stereocenters. The van der Waals surface area contributed by atoms with Crippen molar-refractivity contribution in [1.29, 1.82) is 0 Å². The highest BCUT2D eigenvalue weighted by atomic mass is 16.5. The number of hydrogen-bond acceptors (Lipinski definition) is 5. The van der Waals surface area contributed by atoms with Gasteiger partial charge in [-0.25, -0.2) is 4.68 Å². The Hall–Kier alpha value is -1.79. The van der Waals surface area contributed by atoms with Crippen LogP contribution in [0.2, 0.25) is 0 Å². The monoisotopic (exact) mass is 245 g/mol.